The Balaban J connectivity index is 2.62. The predicted molar refractivity (Wildman–Crippen MR) is 61.9 cm³/mol. The summed E-state index contributed by atoms with van der Waals surface area (Å²) in [5.41, 5.74) is 7.24. The molecule has 0 saturated heterocycles. The molecule has 4 nitrogen and oxygen atoms in total. The number of carbonyl (C=O) groups excluding carboxylic acids is 1. The first kappa shape index (κ1) is 12.1. The van der Waals surface area contributed by atoms with Crippen LogP contribution >= 0.6 is 11.3 Å². The van der Waals surface area contributed by atoms with Crippen molar-refractivity contribution in [3.05, 3.63) is 16.6 Å². The van der Waals surface area contributed by atoms with Crippen molar-refractivity contribution in [2.45, 2.75) is 13.8 Å². The lowest BCUT2D eigenvalue weighted by atomic mass is 9.93. The van der Waals surface area contributed by atoms with Gasteiger partial charge in [0.2, 0.25) is 0 Å². The molecule has 0 unspecified atom stereocenters. The van der Waals surface area contributed by atoms with Gasteiger partial charge >= 0.3 is 0 Å². The van der Waals surface area contributed by atoms with E-state index in [1.165, 1.54) is 11.3 Å². The van der Waals surface area contributed by atoms with E-state index in [0.717, 1.165) is 0 Å². The Hall–Kier alpha value is -0.940. The van der Waals surface area contributed by atoms with Crippen molar-refractivity contribution in [1.82, 2.24) is 9.88 Å². The van der Waals surface area contributed by atoms with Crippen molar-refractivity contribution >= 4 is 17.2 Å². The second kappa shape index (κ2) is 4.72. The van der Waals surface area contributed by atoms with E-state index in [0.29, 0.717) is 18.0 Å². The first-order chi connectivity index (χ1) is 6.96. The summed E-state index contributed by atoms with van der Waals surface area (Å²) in [7, 11) is 1.79. The minimum absolute atomic E-state index is 0.0130. The third kappa shape index (κ3) is 3.28. The van der Waals surface area contributed by atoms with Crippen LogP contribution in [-0.2, 0) is 0 Å². The standard InChI is InChI=1S/C10H17N3OS/c1-10(2,5-11)6-13(3)9(14)8-4-12-7-15-8/h4,7H,5-6,11H2,1-3H3. The van der Waals surface area contributed by atoms with E-state index in [-0.39, 0.29) is 11.3 Å². The van der Waals surface area contributed by atoms with E-state index in [9.17, 15) is 4.79 Å². The molecule has 1 heterocycles. The summed E-state index contributed by atoms with van der Waals surface area (Å²) in [6.07, 6.45) is 1.60. The number of carbonyl (C=O) groups is 1. The lowest BCUT2D eigenvalue weighted by Crippen LogP contribution is -2.39. The molecule has 0 atom stereocenters. The van der Waals surface area contributed by atoms with Gasteiger partial charge in [0.15, 0.2) is 0 Å². The van der Waals surface area contributed by atoms with Gasteiger partial charge in [0.25, 0.3) is 5.91 Å². The van der Waals surface area contributed by atoms with E-state index in [4.69, 9.17) is 5.73 Å². The van der Waals surface area contributed by atoms with Crippen LogP contribution in [0.3, 0.4) is 0 Å². The first-order valence-electron chi connectivity index (χ1n) is 4.80. The topological polar surface area (TPSA) is 59.2 Å². The van der Waals surface area contributed by atoms with E-state index >= 15 is 0 Å². The highest BCUT2D eigenvalue weighted by atomic mass is 32.1. The zero-order valence-electron chi connectivity index (χ0n) is 9.36. The van der Waals surface area contributed by atoms with E-state index < -0.39 is 0 Å². The molecule has 0 radical (unpaired) electrons. The fraction of sp³-hybridized carbons (Fsp3) is 0.600. The molecule has 84 valence electrons. The monoisotopic (exact) mass is 227 g/mol. The van der Waals surface area contributed by atoms with Crippen molar-refractivity contribution in [1.29, 1.82) is 0 Å². The van der Waals surface area contributed by atoms with Crippen LogP contribution in [0.2, 0.25) is 0 Å². The molecule has 1 amide bonds. The average Bonchev–Trinajstić information content (AvgIpc) is 2.68. The minimum atomic E-state index is -0.0465. The van der Waals surface area contributed by atoms with Gasteiger partial charge in [-0.15, -0.1) is 11.3 Å². The zero-order chi connectivity index (χ0) is 11.5. The number of rotatable bonds is 4. The number of amides is 1. The molecule has 0 aliphatic carbocycles. The van der Waals surface area contributed by atoms with Crippen molar-refractivity contribution in [3.8, 4) is 0 Å². The normalized spacial score (nSPS) is 11.5. The molecular formula is C10H17N3OS. The molecule has 0 aliphatic rings. The van der Waals surface area contributed by atoms with Crippen LogP contribution in [0, 0.1) is 5.41 Å². The van der Waals surface area contributed by atoms with Gasteiger partial charge in [-0.1, -0.05) is 13.8 Å². The second-order valence-corrected chi connectivity index (χ2v) is 5.28. The summed E-state index contributed by atoms with van der Waals surface area (Å²) in [5.74, 6) is 0.0130. The Morgan fingerprint density at radius 1 is 1.67 bits per heavy atom. The summed E-state index contributed by atoms with van der Waals surface area (Å²) in [5, 5.41) is 0. The molecule has 0 aliphatic heterocycles. The minimum Gasteiger partial charge on any atom is -0.340 e. The van der Waals surface area contributed by atoms with Gasteiger partial charge in [-0.2, -0.15) is 0 Å². The van der Waals surface area contributed by atoms with Crippen LogP contribution in [0.4, 0.5) is 0 Å². The summed E-state index contributed by atoms with van der Waals surface area (Å²) in [6, 6.07) is 0. The predicted octanol–water partition coefficient (Wildman–Crippen LogP) is 1.20. The van der Waals surface area contributed by atoms with Crippen molar-refractivity contribution < 1.29 is 4.79 Å². The van der Waals surface area contributed by atoms with Crippen LogP contribution in [0.15, 0.2) is 11.7 Å². The Labute approximate surface area is 94.1 Å². The van der Waals surface area contributed by atoms with Gasteiger partial charge in [0.1, 0.15) is 4.88 Å². The largest absolute Gasteiger partial charge is 0.340 e. The maximum absolute atomic E-state index is 11.9. The summed E-state index contributed by atoms with van der Waals surface area (Å²) in [4.78, 5) is 18.1. The van der Waals surface area contributed by atoms with Gasteiger partial charge < -0.3 is 10.6 Å². The SMILES string of the molecule is CN(CC(C)(C)CN)C(=O)c1cncs1. The molecule has 15 heavy (non-hydrogen) atoms. The molecule has 1 aromatic rings. The highest BCUT2D eigenvalue weighted by molar-refractivity contribution is 7.11. The van der Waals surface area contributed by atoms with E-state index in [1.807, 2.05) is 13.8 Å². The van der Waals surface area contributed by atoms with Crippen LogP contribution in [0.1, 0.15) is 23.5 Å². The van der Waals surface area contributed by atoms with Gasteiger partial charge in [0.05, 0.1) is 11.7 Å². The van der Waals surface area contributed by atoms with E-state index in [1.54, 1.807) is 23.7 Å². The number of nitrogens with zero attached hydrogens (tertiary/aromatic N) is 2. The van der Waals surface area contributed by atoms with Gasteiger partial charge in [-0.3, -0.25) is 9.78 Å². The maximum Gasteiger partial charge on any atom is 0.265 e. The quantitative estimate of drug-likeness (QED) is 0.841. The first-order valence-corrected chi connectivity index (χ1v) is 5.68. The number of aromatic nitrogens is 1. The summed E-state index contributed by atoms with van der Waals surface area (Å²) < 4.78 is 0. The smallest absolute Gasteiger partial charge is 0.265 e. The van der Waals surface area contributed by atoms with Crippen LogP contribution in [0.25, 0.3) is 0 Å². The number of hydrogen-bond donors (Lipinski definition) is 1. The van der Waals surface area contributed by atoms with Crippen LogP contribution in [-0.4, -0.2) is 35.9 Å². The van der Waals surface area contributed by atoms with E-state index in [2.05, 4.69) is 4.98 Å². The Bertz CT molecular complexity index is 321. The number of nitrogens with two attached hydrogens (primary N) is 1. The number of thiazole rings is 1. The van der Waals surface area contributed by atoms with Gasteiger partial charge in [-0.05, 0) is 12.0 Å². The van der Waals surface area contributed by atoms with Gasteiger partial charge in [-0.25, -0.2) is 0 Å². The Kier molecular flexibility index (Phi) is 3.82. The number of hydrogen-bond acceptors (Lipinski definition) is 4. The Morgan fingerprint density at radius 2 is 2.33 bits per heavy atom. The average molecular weight is 227 g/mol. The maximum atomic E-state index is 11.9. The highest BCUT2D eigenvalue weighted by Gasteiger charge is 2.22. The molecule has 0 saturated carbocycles. The summed E-state index contributed by atoms with van der Waals surface area (Å²) >= 11 is 1.36. The fourth-order valence-corrected chi connectivity index (χ4v) is 1.90. The van der Waals surface area contributed by atoms with Crippen molar-refractivity contribution in [2.24, 2.45) is 11.1 Å². The third-order valence-corrected chi connectivity index (χ3v) is 2.97. The fourth-order valence-electron chi connectivity index (χ4n) is 1.29. The highest BCUT2D eigenvalue weighted by Crippen LogP contribution is 2.16. The Morgan fingerprint density at radius 3 is 2.80 bits per heavy atom. The van der Waals surface area contributed by atoms with Crippen molar-refractivity contribution in [3.63, 3.8) is 0 Å². The zero-order valence-corrected chi connectivity index (χ0v) is 10.2. The molecular weight excluding hydrogens is 210 g/mol. The molecule has 0 bridgehead atoms. The molecule has 5 heteroatoms. The lowest BCUT2D eigenvalue weighted by molar-refractivity contribution is 0.0745. The third-order valence-electron chi connectivity index (χ3n) is 2.21. The lowest BCUT2D eigenvalue weighted by Gasteiger charge is -2.28. The molecule has 0 fully saturated rings. The molecule has 1 rings (SSSR count). The molecule has 0 spiro atoms. The van der Waals surface area contributed by atoms with Gasteiger partial charge in [0, 0.05) is 13.6 Å². The molecule has 0 aromatic carbocycles. The molecule has 1 aromatic heterocycles. The second-order valence-electron chi connectivity index (χ2n) is 4.40. The van der Waals surface area contributed by atoms with Crippen LogP contribution < -0.4 is 5.73 Å². The van der Waals surface area contributed by atoms with Crippen molar-refractivity contribution in [2.75, 3.05) is 20.1 Å². The summed E-state index contributed by atoms with van der Waals surface area (Å²) in [6.45, 7) is 5.31. The molecule has 2 N–H and O–H groups in total. The van der Waals surface area contributed by atoms with Crippen LogP contribution in [0.5, 0.6) is 0 Å².